The summed E-state index contributed by atoms with van der Waals surface area (Å²) in [4.78, 5) is 17.5. The molecule has 0 spiro atoms. The van der Waals surface area contributed by atoms with E-state index in [4.69, 9.17) is 4.74 Å². The molecule has 0 amide bonds. The molecule has 0 fully saturated rings. The van der Waals surface area contributed by atoms with Gasteiger partial charge in [-0.25, -0.2) is 9.97 Å². The average molecular weight is 315 g/mol. The van der Waals surface area contributed by atoms with Crippen molar-refractivity contribution in [3.05, 3.63) is 59.7 Å². The average Bonchev–Trinajstić information content (AvgIpc) is 3.12. The molecule has 0 unspecified atom stereocenters. The van der Waals surface area contributed by atoms with Gasteiger partial charge in [-0.05, 0) is 43.5 Å². The second kappa shape index (κ2) is 6.05. The third kappa shape index (κ3) is 2.57. The van der Waals surface area contributed by atoms with Crippen LogP contribution in [0, 0.1) is 11.3 Å². The van der Waals surface area contributed by atoms with Crippen LogP contribution in [0.4, 0.5) is 0 Å². The first-order chi connectivity index (χ1) is 11.8. The minimum atomic E-state index is 0.238. The van der Waals surface area contributed by atoms with Crippen LogP contribution in [0.5, 0.6) is 11.6 Å². The largest absolute Gasteiger partial charge is 0.436 e. The van der Waals surface area contributed by atoms with Gasteiger partial charge in [-0.3, -0.25) is 4.98 Å². The lowest BCUT2D eigenvalue weighted by Gasteiger charge is -2.11. The number of aryl methyl sites for hydroxylation is 1. The lowest BCUT2D eigenvalue weighted by atomic mass is 10.2. The van der Waals surface area contributed by atoms with E-state index in [-0.39, 0.29) is 5.69 Å². The molecule has 0 N–H and O–H groups in total. The SMILES string of the molecule is N#Cc1ncccc1Oc1nc(-c2ccccn2)nc2c1CCC2. The van der Waals surface area contributed by atoms with Crippen molar-refractivity contribution < 1.29 is 4.74 Å². The zero-order valence-corrected chi connectivity index (χ0v) is 12.8. The summed E-state index contributed by atoms with van der Waals surface area (Å²) in [5.41, 5.74) is 2.93. The predicted molar refractivity (Wildman–Crippen MR) is 86.3 cm³/mol. The van der Waals surface area contributed by atoms with Crippen molar-refractivity contribution in [1.29, 1.82) is 5.26 Å². The smallest absolute Gasteiger partial charge is 0.226 e. The van der Waals surface area contributed by atoms with Crippen molar-refractivity contribution >= 4 is 0 Å². The molecular weight excluding hydrogens is 302 g/mol. The molecule has 0 aromatic carbocycles. The standard InChI is InChI=1S/C18H13N5O/c19-11-15-16(8-4-10-21-15)24-18-12-5-3-7-13(12)22-17(23-18)14-6-1-2-9-20-14/h1-2,4,6,8-10H,3,5,7H2. The van der Waals surface area contributed by atoms with Crippen LogP contribution >= 0.6 is 0 Å². The predicted octanol–water partition coefficient (Wildman–Crippen LogP) is 3.09. The molecule has 116 valence electrons. The van der Waals surface area contributed by atoms with Crippen LogP contribution in [0.25, 0.3) is 11.5 Å². The molecular formula is C18H13N5O. The lowest BCUT2D eigenvalue weighted by Crippen LogP contribution is -2.02. The van der Waals surface area contributed by atoms with Gasteiger partial charge in [0.1, 0.15) is 11.8 Å². The summed E-state index contributed by atoms with van der Waals surface area (Å²) in [5, 5.41) is 9.19. The summed E-state index contributed by atoms with van der Waals surface area (Å²) in [6, 6.07) is 11.1. The molecule has 0 atom stereocenters. The number of hydrogen-bond donors (Lipinski definition) is 0. The molecule has 3 heterocycles. The fourth-order valence-corrected chi connectivity index (χ4v) is 2.75. The molecule has 0 aliphatic heterocycles. The Hall–Kier alpha value is -3.33. The molecule has 0 saturated carbocycles. The maximum absolute atomic E-state index is 9.19. The molecule has 0 bridgehead atoms. The lowest BCUT2D eigenvalue weighted by molar-refractivity contribution is 0.452. The highest BCUT2D eigenvalue weighted by molar-refractivity contribution is 5.53. The maximum Gasteiger partial charge on any atom is 0.226 e. The number of aromatic nitrogens is 4. The Kier molecular flexibility index (Phi) is 3.60. The number of nitriles is 1. The van der Waals surface area contributed by atoms with Crippen molar-refractivity contribution in [2.24, 2.45) is 0 Å². The Balaban J connectivity index is 1.80. The molecule has 0 radical (unpaired) electrons. The molecule has 3 aromatic rings. The van der Waals surface area contributed by atoms with Gasteiger partial charge in [0.05, 0.1) is 5.69 Å². The third-order valence-corrected chi connectivity index (χ3v) is 3.87. The number of fused-ring (bicyclic) bond motifs is 1. The second-order valence-corrected chi connectivity index (χ2v) is 5.41. The van der Waals surface area contributed by atoms with Gasteiger partial charge >= 0.3 is 0 Å². The van der Waals surface area contributed by atoms with Crippen LogP contribution in [-0.4, -0.2) is 19.9 Å². The number of hydrogen-bond acceptors (Lipinski definition) is 6. The highest BCUT2D eigenvalue weighted by atomic mass is 16.5. The van der Waals surface area contributed by atoms with E-state index in [9.17, 15) is 5.26 Å². The molecule has 1 aliphatic carbocycles. The van der Waals surface area contributed by atoms with Crippen LogP contribution in [0.15, 0.2) is 42.7 Å². The number of rotatable bonds is 3. The van der Waals surface area contributed by atoms with Crippen LogP contribution in [-0.2, 0) is 12.8 Å². The van der Waals surface area contributed by atoms with Gasteiger partial charge in [0.25, 0.3) is 0 Å². The summed E-state index contributed by atoms with van der Waals surface area (Å²) >= 11 is 0. The van der Waals surface area contributed by atoms with E-state index < -0.39 is 0 Å². The van der Waals surface area contributed by atoms with Gasteiger partial charge in [-0.2, -0.15) is 10.2 Å². The topological polar surface area (TPSA) is 84.6 Å². The molecule has 1 aliphatic rings. The molecule has 0 saturated heterocycles. The van der Waals surface area contributed by atoms with E-state index in [0.717, 1.165) is 30.5 Å². The minimum Gasteiger partial charge on any atom is -0.436 e. The van der Waals surface area contributed by atoms with E-state index in [1.807, 2.05) is 24.3 Å². The van der Waals surface area contributed by atoms with Crippen molar-refractivity contribution in [2.75, 3.05) is 0 Å². The highest BCUT2D eigenvalue weighted by Crippen LogP contribution is 2.33. The molecule has 4 rings (SSSR count). The minimum absolute atomic E-state index is 0.238. The summed E-state index contributed by atoms with van der Waals surface area (Å²) in [7, 11) is 0. The van der Waals surface area contributed by atoms with Gasteiger partial charge < -0.3 is 4.74 Å². The van der Waals surface area contributed by atoms with Crippen molar-refractivity contribution in [3.8, 4) is 29.2 Å². The summed E-state index contributed by atoms with van der Waals surface area (Å²) in [5.74, 6) is 1.43. The molecule has 6 nitrogen and oxygen atoms in total. The number of pyridine rings is 2. The highest BCUT2D eigenvalue weighted by Gasteiger charge is 2.22. The quantitative estimate of drug-likeness (QED) is 0.738. The van der Waals surface area contributed by atoms with E-state index in [1.165, 1.54) is 0 Å². The zero-order valence-electron chi connectivity index (χ0n) is 12.8. The normalized spacial score (nSPS) is 12.5. The summed E-state index contributed by atoms with van der Waals surface area (Å²) in [6.07, 6.45) is 6.06. The first-order valence-corrected chi connectivity index (χ1v) is 7.69. The van der Waals surface area contributed by atoms with E-state index in [2.05, 4.69) is 19.9 Å². The van der Waals surface area contributed by atoms with Crippen LogP contribution < -0.4 is 4.74 Å². The van der Waals surface area contributed by atoms with Crippen molar-refractivity contribution in [2.45, 2.75) is 19.3 Å². The second-order valence-electron chi connectivity index (χ2n) is 5.41. The Bertz CT molecular complexity index is 934. The first kappa shape index (κ1) is 14.3. The van der Waals surface area contributed by atoms with Crippen molar-refractivity contribution in [1.82, 2.24) is 19.9 Å². The molecule has 24 heavy (non-hydrogen) atoms. The summed E-state index contributed by atoms with van der Waals surface area (Å²) in [6.45, 7) is 0. The van der Waals surface area contributed by atoms with Crippen LogP contribution in [0.3, 0.4) is 0 Å². The maximum atomic E-state index is 9.19. The zero-order chi connectivity index (χ0) is 16.4. The van der Waals surface area contributed by atoms with Gasteiger partial charge in [0, 0.05) is 18.0 Å². The first-order valence-electron chi connectivity index (χ1n) is 7.69. The van der Waals surface area contributed by atoms with Crippen LogP contribution in [0.2, 0.25) is 0 Å². The number of nitrogens with zero attached hydrogens (tertiary/aromatic N) is 5. The third-order valence-electron chi connectivity index (χ3n) is 3.87. The van der Waals surface area contributed by atoms with E-state index in [0.29, 0.717) is 23.1 Å². The van der Waals surface area contributed by atoms with Crippen molar-refractivity contribution in [3.63, 3.8) is 0 Å². The fourth-order valence-electron chi connectivity index (χ4n) is 2.75. The van der Waals surface area contributed by atoms with E-state index in [1.54, 1.807) is 24.5 Å². The molecule has 6 heteroatoms. The van der Waals surface area contributed by atoms with Gasteiger partial charge in [0.15, 0.2) is 17.3 Å². The Labute approximate surface area is 138 Å². The van der Waals surface area contributed by atoms with Gasteiger partial charge in [-0.15, -0.1) is 0 Å². The van der Waals surface area contributed by atoms with E-state index >= 15 is 0 Å². The van der Waals surface area contributed by atoms with Gasteiger partial charge in [-0.1, -0.05) is 6.07 Å². The Morgan fingerprint density at radius 1 is 1.00 bits per heavy atom. The Morgan fingerprint density at radius 3 is 2.75 bits per heavy atom. The molecule has 3 aromatic heterocycles. The monoisotopic (exact) mass is 315 g/mol. The fraction of sp³-hybridized carbons (Fsp3) is 0.167. The summed E-state index contributed by atoms with van der Waals surface area (Å²) < 4.78 is 5.94. The number of ether oxygens (including phenoxy) is 1. The Morgan fingerprint density at radius 2 is 1.92 bits per heavy atom. The van der Waals surface area contributed by atoms with Gasteiger partial charge in [0.2, 0.25) is 5.88 Å². The van der Waals surface area contributed by atoms with Crippen LogP contribution in [0.1, 0.15) is 23.4 Å².